The van der Waals surface area contributed by atoms with E-state index in [0.29, 0.717) is 39.9 Å². The van der Waals surface area contributed by atoms with Gasteiger partial charge in [0, 0.05) is 24.4 Å². The molecule has 1 N–H and O–H groups in total. The second-order valence-corrected chi connectivity index (χ2v) is 6.86. The van der Waals surface area contributed by atoms with Crippen LogP contribution >= 0.6 is 11.6 Å². The highest BCUT2D eigenvalue weighted by molar-refractivity contribution is 6.28. The van der Waals surface area contributed by atoms with Crippen molar-refractivity contribution in [2.45, 2.75) is 25.5 Å². The Morgan fingerprint density at radius 3 is 2.48 bits per heavy atom. The zero-order chi connectivity index (χ0) is 20.4. The predicted octanol–water partition coefficient (Wildman–Crippen LogP) is 3.95. The Morgan fingerprint density at radius 1 is 1.10 bits per heavy atom. The number of fused-ring (bicyclic) bond motifs is 1. The molecule has 0 aliphatic carbocycles. The Hall–Kier alpha value is -2.78. The van der Waals surface area contributed by atoms with Gasteiger partial charge in [-0.05, 0) is 30.9 Å². The van der Waals surface area contributed by atoms with Gasteiger partial charge >= 0.3 is 0 Å². The number of hydrogen-bond donors (Lipinski definition) is 1. The molecule has 154 valence electrons. The van der Waals surface area contributed by atoms with Gasteiger partial charge < -0.3 is 24.3 Å². The van der Waals surface area contributed by atoms with Gasteiger partial charge in [0.1, 0.15) is 6.23 Å². The number of imidazole rings is 1. The maximum atomic E-state index is 6.21. The van der Waals surface area contributed by atoms with E-state index in [-0.39, 0.29) is 11.5 Å². The highest BCUT2D eigenvalue weighted by Crippen LogP contribution is 2.41. The van der Waals surface area contributed by atoms with Crippen LogP contribution in [0.15, 0.2) is 18.5 Å². The first-order chi connectivity index (χ1) is 14.1. The van der Waals surface area contributed by atoms with Gasteiger partial charge in [-0.3, -0.25) is 4.57 Å². The standard InChI is InChI=1S/C19H22ClN5O4/c1-26-12-8-11(9-13(27-2)16(12)28-3)22-17-15-18(24-19(20)23-17)25(10-21-15)14-6-4-5-7-29-14/h8-10,14H,4-7H2,1-3H3,(H,22,23,24). The SMILES string of the molecule is COc1cc(Nc2nc(Cl)nc3c2ncn3C2CCCCO2)cc(OC)c1OC. The van der Waals surface area contributed by atoms with Crippen LogP contribution in [0.2, 0.25) is 5.28 Å². The zero-order valence-electron chi connectivity index (χ0n) is 16.4. The molecule has 1 fully saturated rings. The highest BCUT2D eigenvalue weighted by Gasteiger charge is 2.22. The van der Waals surface area contributed by atoms with Crippen molar-refractivity contribution >= 4 is 34.3 Å². The molecular weight excluding hydrogens is 398 g/mol. The van der Waals surface area contributed by atoms with E-state index in [1.54, 1.807) is 39.8 Å². The van der Waals surface area contributed by atoms with Crippen molar-refractivity contribution in [1.29, 1.82) is 0 Å². The Bertz CT molecular complexity index is 994. The minimum Gasteiger partial charge on any atom is -0.493 e. The zero-order valence-corrected chi connectivity index (χ0v) is 17.2. The number of nitrogens with zero attached hydrogens (tertiary/aromatic N) is 4. The van der Waals surface area contributed by atoms with Crippen molar-refractivity contribution in [3.05, 3.63) is 23.7 Å². The molecule has 1 saturated heterocycles. The van der Waals surface area contributed by atoms with Crippen LogP contribution in [0, 0.1) is 0 Å². The average molecular weight is 420 g/mol. The summed E-state index contributed by atoms with van der Waals surface area (Å²) in [5.74, 6) is 2.02. The van der Waals surface area contributed by atoms with Gasteiger partial charge in [-0.25, -0.2) is 4.98 Å². The van der Waals surface area contributed by atoms with Crippen LogP contribution in [0.5, 0.6) is 17.2 Å². The van der Waals surface area contributed by atoms with Crippen LogP contribution in [0.3, 0.4) is 0 Å². The predicted molar refractivity (Wildman–Crippen MR) is 109 cm³/mol. The molecule has 0 spiro atoms. The van der Waals surface area contributed by atoms with Crippen LogP contribution < -0.4 is 19.5 Å². The van der Waals surface area contributed by atoms with E-state index < -0.39 is 0 Å². The number of anilines is 2. The molecule has 1 aromatic carbocycles. The normalized spacial score (nSPS) is 16.6. The van der Waals surface area contributed by atoms with Crippen LogP contribution in [0.1, 0.15) is 25.5 Å². The van der Waals surface area contributed by atoms with Gasteiger partial charge in [0.25, 0.3) is 0 Å². The molecule has 0 saturated carbocycles. The van der Waals surface area contributed by atoms with E-state index in [0.717, 1.165) is 25.9 Å². The fraction of sp³-hybridized carbons (Fsp3) is 0.421. The number of rotatable bonds is 6. The first-order valence-corrected chi connectivity index (χ1v) is 9.61. The lowest BCUT2D eigenvalue weighted by molar-refractivity contribution is -0.0298. The fourth-order valence-corrected chi connectivity index (χ4v) is 3.59. The Labute approximate surface area is 172 Å². The lowest BCUT2D eigenvalue weighted by atomic mass is 10.2. The summed E-state index contributed by atoms with van der Waals surface area (Å²) in [7, 11) is 4.68. The minimum absolute atomic E-state index is 0.103. The number of aromatic nitrogens is 4. The van der Waals surface area contributed by atoms with Crippen molar-refractivity contribution in [3.63, 3.8) is 0 Å². The quantitative estimate of drug-likeness (QED) is 0.600. The maximum Gasteiger partial charge on any atom is 0.226 e. The number of hydrogen-bond acceptors (Lipinski definition) is 8. The summed E-state index contributed by atoms with van der Waals surface area (Å²) in [6.45, 7) is 0.722. The van der Waals surface area contributed by atoms with E-state index in [2.05, 4.69) is 20.3 Å². The highest BCUT2D eigenvalue weighted by atomic mass is 35.5. The molecule has 1 aliphatic rings. The molecule has 29 heavy (non-hydrogen) atoms. The molecule has 2 aromatic heterocycles. The van der Waals surface area contributed by atoms with Gasteiger partial charge in [0.05, 0.1) is 27.7 Å². The number of halogens is 1. The first-order valence-electron chi connectivity index (χ1n) is 9.23. The van der Waals surface area contributed by atoms with Gasteiger partial charge in [0.2, 0.25) is 11.0 Å². The topological polar surface area (TPSA) is 92.6 Å². The summed E-state index contributed by atoms with van der Waals surface area (Å²) >= 11 is 6.21. The van der Waals surface area contributed by atoms with E-state index in [1.807, 2.05) is 4.57 Å². The second-order valence-electron chi connectivity index (χ2n) is 6.53. The van der Waals surface area contributed by atoms with E-state index in [4.69, 9.17) is 30.5 Å². The second kappa shape index (κ2) is 8.30. The van der Waals surface area contributed by atoms with Crippen LogP contribution in [-0.4, -0.2) is 47.5 Å². The molecule has 0 radical (unpaired) electrons. The third-order valence-corrected chi connectivity index (χ3v) is 4.96. The molecular formula is C19H22ClN5O4. The summed E-state index contributed by atoms with van der Waals surface area (Å²) < 4.78 is 24.0. The largest absolute Gasteiger partial charge is 0.493 e. The van der Waals surface area contributed by atoms with Crippen LogP contribution in [0.4, 0.5) is 11.5 Å². The number of benzene rings is 1. The smallest absolute Gasteiger partial charge is 0.226 e. The summed E-state index contributed by atoms with van der Waals surface area (Å²) in [6, 6.07) is 3.56. The number of nitrogens with one attached hydrogen (secondary N) is 1. The van der Waals surface area contributed by atoms with Crippen molar-refractivity contribution in [1.82, 2.24) is 19.5 Å². The van der Waals surface area contributed by atoms with Gasteiger partial charge in [0.15, 0.2) is 28.5 Å². The lowest BCUT2D eigenvalue weighted by Gasteiger charge is -2.23. The molecule has 0 bridgehead atoms. The molecule has 4 rings (SSSR count). The molecule has 10 heteroatoms. The summed E-state index contributed by atoms with van der Waals surface area (Å²) in [6.07, 6.45) is 4.68. The van der Waals surface area contributed by atoms with Crippen molar-refractivity contribution in [2.75, 3.05) is 33.3 Å². The van der Waals surface area contributed by atoms with E-state index in [9.17, 15) is 0 Å². The summed E-state index contributed by atoms with van der Waals surface area (Å²) in [5, 5.41) is 3.35. The number of methoxy groups -OCH3 is 3. The van der Waals surface area contributed by atoms with Crippen molar-refractivity contribution in [3.8, 4) is 17.2 Å². The van der Waals surface area contributed by atoms with Crippen molar-refractivity contribution < 1.29 is 18.9 Å². The Balaban J connectivity index is 1.74. The van der Waals surface area contributed by atoms with Crippen molar-refractivity contribution in [2.24, 2.45) is 0 Å². The minimum atomic E-state index is -0.103. The molecule has 1 aliphatic heterocycles. The van der Waals surface area contributed by atoms with Gasteiger partial charge in [-0.2, -0.15) is 9.97 Å². The molecule has 3 aromatic rings. The molecule has 0 amide bonds. The van der Waals surface area contributed by atoms with Gasteiger partial charge in [-0.1, -0.05) is 0 Å². The average Bonchev–Trinajstić information content (AvgIpc) is 3.17. The third-order valence-electron chi connectivity index (χ3n) is 4.79. The molecule has 9 nitrogen and oxygen atoms in total. The molecule has 3 heterocycles. The Morgan fingerprint density at radius 2 is 1.86 bits per heavy atom. The van der Waals surface area contributed by atoms with E-state index >= 15 is 0 Å². The Kier molecular flexibility index (Phi) is 5.59. The maximum absolute atomic E-state index is 6.21. The monoisotopic (exact) mass is 419 g/mol. The van der Waals surface area contributed by atoms with E-state index in [1.165, 1.54) is 0 Å². The van der Waals surface area contributed by atoms with Gasteiger partial charge in [-0.15, -0.1) is 0 Å². The van der Waals surface area contributed by atoms with Crippen LogP contribution in [-0.2, 0) is 4.74 Å². The fourth-order valence-electron chi connectivity index (χ4n) is 3.42. The first kappa shape index (κ1) is 19.5. The molecule has 1 unspecified atom stereocenters. The third kappa shape index (κ3) is 3.75. The molecule has 1 atom stereocenters. The van der Waals surface area contributed by atoms with Crippen LogP contribution in [0.25, 0.3) is 11.2 Å². The summed E-state index contributed by atoms with van der Waals surface area (Å²) in [5.41, 5.74) is 1.89. The number of ether oxygens (including phenoxy) is 4. The lowest BCUT2D eigenvalue weighted by Crippen LogP contribution is -2.17. The summed E-state index contributed by atoms with van der Waals surface area (Å²) in [4.78, 5) is 13.2.